The summed E-state index contributed by atoms with van der Waals surface area (Å²) in [5.74, 6) is 1.11. The van der Waals surface area contributed by atoms with Gasteiger partial charge in [0.1, 0.15) is 0 Å². The van der Waals surface area contributed by atoms with Gasteiger partial charge in [0, 0.05) is 24.5 Å². The van der Waals surface area contributed by atoms with E-state index in [1.54, 1.807) is 12.4 Å². The number of hydrogen-bond acceptors (Lipinski definition) is 6. The van der Waals surface area contributed by atoms with Gasteiger partial charge in [0.2, 0.25) is 5.95 Å². The second-order valence-corrected chi connectivity index (χ2v) is 4.65. The smallest absolute Gasteiger partial charge is 0.322 e. The Morgan fingerprint density at radius 2 is 2.05 bits per heavy atom. The predicted octanol–water partition coefficient (Wildman–Crippen LogP) is 2.46. The predicted molar refractivity (Wildman–Crippen MR) is 77.7 cm³/mol. The molecule has 20 heavy (non-hydrogen) atoms. The molecule has 0 spiro atoms. The third-order valence-electron chi connectivity index (χ3n) is 2.55. The van der Waals surface area contributed by atoms with Crippen molar-refractivity contribution in [3.05, 3.63) is 24.0 Å². The summed E-state index contributed by atoms with van der Waals surface area (Å²) in [6.07, 6.45) is 3.52. The van der Waals surface area contributed by atoms with Gasteiger partial charge < -0.3 is 10.1 Å². The zero-order chi connectivity index (χ0) is 14.5. The average Bonchev–Trinajstić information content (AvgIpc) is 2.38. The van der Waals surface area contributed by atoms with Crippen molar-refractivity contribution in [1.82, 2.24) is 19.9 Å². The molecule has 0 fully saturated rings. The van der Waals surface area contributed by atoms with Crippen LogP contribution in [0.3, 0.4) is 0 Å². The number of anilines is 1. The van der Waals surface area contributed by atoms with Crippen molar-refractivity contribution in [3.8, 4) is 17.4 Å². The van der Waals surface area contributed by atoms with Crippen molar-refractivity contribution < 1.29 is 4.74 Å². The fourth-order valence-electron chi connectivity index (χ4n) is 1.70. The lowest BCUT2D eigenvalue weighted by molar-refractivity contribution is 0.222. The molecule has 0 radical (unpaired) electrons. The first-order valence-electron chi connectivity index (χ1n) is 6.67. The van der Waals surface area contributed by atoms with Gasteiger partial charge in [-0.25, -0.2) is 0 Å². The zero-order valence-corrected chi connectivity index (χ0v) is 12.2. The van der Waals surface area contributed by atoms with E-state index in [0.717, 1.165) is 17.7 Å². The molecule has 2 heterocycles. The summed E-state index contributed by atoms with van der Waals surface area (Å²) < 4.78 is 5.59. The van der Waals surface area contributed by atoms with Crippen LogP contribution >= 0.6 is 0 Å². The van der Waals surface area contributed by atoms with E-state index in [-0.39, 0.29) is 6.10 Å². The first-order chi connectivity index (χ1) is 9.60. The van der Waals surface area contributed by atoms with Crippen molar-refractivity contribution in [2.45, 2.75) is 33.8 Å². The minimum absolute atomic E-state index is 0.0123. The Morgan fingerprint density at radius 3 is 2.70 bits per heavy atom. The molecule has 0 aliphatic heterocycles. The highest BCUT2D eigenvalue weighted by molar-refractivity contribution is 5.60. The highest BCUT2D eigenvalue weighted by Crippen LogP contribution is 2.21. The average molecular weight is 273 g/mol. The third kappa shape index (κ3) is 3.40. The van der Waals surface area contributed by atoms with Gasteiger partial charge in [-0.2, -0.15) is 15.0 Å². The normalized spacial score (nSPS) is 10.7. The lowest BCUT2D eigenvalue weighted by atomic mass is 10.1. The quantitative estimate of drug-likeness (QED) is 0.902. The van der Waals surface area contributed by atoms with E-state index >= 15 is 0 Å². The molecule has 0 atom stereocenters. The summed E-state index contributed by atoms with van der Waals surface area (Å²) in [4.78, 5) is 17.1. The molecule has 0 bridgehead atoms. The largest absolute Gasteiger partial charge is 0.461 e. The molecule has 2 aromatic heterocycles. The molecule has 6 heteroatoms. The van der Waals surface area contributed by atoms with Gasteiger partial charge in [0.05, 0.1) is 6.10 Å². The van der Waals surface area contributed by atoms with Crippen LogP contribution in [0.25, 0.3) is 11.4 Å². The maximum atomic E-state index is 5.59. The van der Waals surface area contributed by atoms with Gasteiger partial charge in [0.25, 0.3) is 0 Å². The number of rotatable bonds is 5. The second-order valence-electron chi connectivity index (χ2n) is 4.65. The van der Waals surface area contributed by atoms with Gasteiger partial charge in [-0.15, -0.1) is 0 Å². The van der Waals surface area contributed by atoms with Crippen LogP contribution in [-0.2, 0) is 0 Å². The van der Waals surface area contributed by atoms with Crippen molar-refractivity contribution in [3.63, 3.8) is 0 Å². The molecule has 106 valence electrons. The van der Waals surface area contributed by atoms with Crippen LogP contribution in [0.4, 0.5) is 5.95 Å². The molecule has 0 aliphatic carbocycles. The number of ether oxygens (including phenoxy) is 1. The molecule has 0 saturated carbocycles. The van der Waals surface area contributed by atoms with Crippen LogP contribution in [0.5, 0.6) is 6.01 Å². The van der Waals surface area contributed by atoms with E-state index < -0.39 is 0 Å². The molecular weight excluding hydrogens is 254 g/mol. The Hall–Kier alpha value is -2.24. The standard InChI is InChI=1S/C14H19N5O/c1-5-16-13-17-12(11-6-7-15-8-10(11)4)18-14(19-13)20-9(2)3/h6-9H,5H2,1-4H3,(H,16,17,18,19). The zero-order valence-electron chi connectivity index (χ0n) is 12.2. The molecular formula is C14H19N5O. The second kappa shape index (κ2) is 6.27. The number of aryl methyl sites for hydroxylation is 1. The van der Waals surface area contributed by atoms with Crippen molar-refractivity contribution in [1.29, 1.82) is 0 Å². The van der Waals surface area contributed by atoms with E-state index in [1.807, 2.05) is 33.8 Å². The Kier molecular flexibility index (Phi) is 4.45. The van der Waals surface area contributed by atoms with E-state index in [1.165, 1.54) is 0 Å². The highest BCUT2D eigenvalue weighted by atomic mass is 16.5. The summed E-state index contributed by atoms with van der Waals surface area (Å²) in [6.45, 7) is 8.58. The molecule has 1 N–H and O–H groups in total. The molecule has 0 aliphatic rings. The third-order valence-corrected chi connectivity index (χ3v) is 2.55. The molecule has 0 unspecified atom stereocenters. The first-order valence-corrected chi connectivity index (χ1v) is 6.67. The van der Waals surface area contributed by atoms with Gasteiger partial charge in [0.15, 0.2) is 5.82 Å². The summed E-state index contributed by atoms with van der Waals surface area (Å²) in [6, 6.07) is 2.22. The van der Waals surface area contributed by atoms with Crippen LogP contribution in [0.1, 0.15) is 26.3 Å². The summed E-state index contributed by atoms with van der Waals surface area (Å²) in [5, 5.41) is 3.09. The van der Waals surface area contributed by atoms with Gasteiger partial charge in [-0.05, 0) is 39.3 Å². The summed E-state index contributed by atoms with van der Waals surface area (Å²) in [5.41, 5.74) is 1.94. The summed E-state index contributed by atoms with van der Waals surface area (Å²) >= 11 is 0. The van der Waals surface area contributed by atoms with E-state index in [0.29, 0.717) is 17.8 Å². The van der Waals surface area contributed by atoms with Crippen LogP contribution in [0.15, 0.2) is 18.5 Å². The molecule has 0 amide bonds. The van der Waals surface area contributed by atoms with Gasteiger partial charge in [-0.3, -0.25) is 4.98 Å². The number of nitrogens with one attached hydrogen (secondary N) is 1. The monoisotopic (exact) mass is 273 g/mol. The van der Waals surface area contributed by atoms with Gasteiger partial charge in [-0.1, -0.05) is 0 Å². The minimum atomic E-state index is 0.0123. The SMILES string of the molecule is CCNc1nc(OC(C)C)nc(-c2ccncc2C)n1. The fourth-order valence-corrected chi connectivity index (χ4v) is 1.70. The number of aromatic nitrogens is 4. The maximum absolute atomic E-state index is 5.59. The van der Waals surface area contributed by atoms with Crippen molar-refractivity contribution in [2.24, 2.45) is 0 Å². The Labute approximate surface area is 118 Å². The van der Waals surface area contributed by atoms with E-state index in [2.05, 4.69) is 25.3 Å². The number of nitrogens with zero attached hydrogens (tertiary/aromatic N) is 4. The van der Waals surface area contributed by atoms with Crippen LogP contribution < -0.4 is 10.1 Å². The van der Waals surface area contributed by atoms with Gasteiger partial charge >= 0.3 is 6.01 Å². The van der Waals surface area contributed by atoms with E-state index in [4.69, 9.17) is 4.74 Å². The molecule has 2 rings (SSSR count). The van der Waals surface area contributed by atoms with Crippen molar-refractivity contribution in [2.75, 3.05) is 11.9 Å². The number of hydrogen-bond donors (Lipinski definition) is 1. The van der Waals surface area contributed by atoms with Crippen LogP contribution in [0, 0.1) is 6.92 Å². The summed E-state index contributed by atoms with van der Waals surface area (Å²) in [7, 11) is 0. The maximum Gasteiger partial charge on any atom is 0.322 e. The lowest BCUT2D eigenvalue weighted by Gasteiger charge is -2.11. The Bertz CT molecular complexity index is 586. The minimum Gasteiger partial charge on any atom is -0.461 e. The Balaban J connectivity index is 2.46. The van der Waals surface area contributed by atoms with Crippen LogP contribution in [0.2, 0.25) is 0 Å². The Morgan fingerprint density at radius 1 is 1.25 bits per heavy atom. The lowest BCUT2D eigenvalue weighted by Crippen LogP contribution is -2.12. The first kappa shape index (κ1) is 14.2. The molecule has 6 nitrogen and oxygen atoms in total. The molecule has 0 saturated heterocycles. The van der Waals surface area contributed by atoms with E-state index in [9.17, 15) is 0 Å². The van der Waals surface area contributed by atoms with Crippen molar-refractivity contribution >= 4 is 5.95 Å². The fraction of sp³-hybridized carbons (Fsp3) is 0.429. The topological polar surface area (TPSA) is 72.8 Å². The molecule has 2 aromatic rings. The number of pyridine rings is 1. The highest BCUT2D eigenvalue weighted by Gasteiger charge is 2.12. The molecule has 0 aromatic carbocycles. The van der Waals surface area contributed by atoms with Crippen LogP contribution in [-0.4, -0.2) is 32.6 Å².